The van der Waals surface area contributed by atoms with Crippen molar-refractivity contribution < 1.29 is 19.0 Å². The van der Waals surface area contributed by atoms with Gasteiger partial charge in [-0.25, -0.2) is 4.79 Å². The summed E-state index contributed by atoms with van der Waals surface area (Å²) in [7, 11) is 0. The number of para-hydroxylation sites is 1. The van der Waals surface area contributed by atoms with Gasteiger partial charge in [0.05, 0.1) is 24.7 Å². The van der Waals surface area contributed by atoms with E-state index in [1.54, 1.807) is 18.2 Å². The minimum atomic E-state index is -0.583. The third-order valence-corrected chi connectivity index (χ3v) is 3.76. The van der Waals surface area contributed by atoms with Crippen molar-refractivity contribution in [2.24, 2.45) is 0 Å². The Bertz CT molecular complexity index is 870. The lowest BCUT2D eigenvalue weighted by Crippen LogP contribution is -2.01. The first kappa shape index (κ1) is 16.9. The second-order valence-corrected chi connectivity index (χ2v) is 5.68. The Morgan fingerprint density at radius 3 is 2.32 bits per heavy atom. The highest BCUT2D eigenvalue weighted by Gasteiger charge is 2.05. The maximum absolute atomic E-state index is 11.3. The van der Waals surface area contributed by atoms with Gasteiger partial charge in [0.1, 0.15) is 22.8 Å². The highest BCUT2D eigenvalue weighted by atomic mass is 16.5. The number of aromatic hydroxyl groups is 1. The van der Waals surface area contributed by atoms with Crippen LogP contribution in [0.4, 0.5) is 0 Å². The maximum Gasteiger partial charge on any atom is 0.339 e. The quantitative estimate of drug-likeness (QED) is 0.493. The van der Waals surface area contributed by atoms with Crippen LogP contribution in [0.2, 0.25) is 0 Å². The summed E-state index contributed by atoms with van der Waals surface area (Å²) in [6, 6.07) is 15.9. The van der Waals surface area contributed by atoms with Gasteiger partial charge < -0.3 is 19.0 Å². The predicted octanol–water partition coefficient (Wildman–Crippen LogP) is 4.13. The Morgan fingerprint density at radius 1 is 0.840 bits per heavy atom. The third-order valence-electron chi connectivity index (χ3n) is 3.76. The van der Waals surface area contributed by atoms with Crippen LogP contribution in [-0.4, -0.2) is 18.3 Å². The average molecular weight is 340 g/mol. The summed E-state index contributed by atoms with van der Waals surface area (Å²) in [4.78, 5) is 11.3. The molecule has 25 heavy (non-hydrogen) atoms. The van der Waals surface area contributed by atoms with Crippen molar-refractivity contribution in [2.75, 3.05) is 13.2 Å². The monoisotopic (exact) mass is 340 g/mol. The van der Waals surface area contributed by atoms with Crippen LogP contribution in [0.5, 0.6) is 17.2 Å². The van der Waals surface area contributed by atoms with Gasteiger partial charge in [-0.15, -0.1) is 0 Å². The van der Waals surface area contributed by atoms with Gasteiger partial charge in [-0.3, -0.25) is 0 Å². The van der Waals surface area contributed by atoms with Gasteiger partial charge in [-0.2, -0.15) is 0 Å². The van der Waals surface area contributed by atoms with Crippen molar-refractivity contribution in [1.82, 2.24) is 0 Å². The summed E-state index contributed by atoms with van der Waals surface area (Å²) in [5.41, 5.74) is -0.265. The van der Waals surface area contributed by atoms with Gasteiger partial charge in [-0.05, 0) is 43.5 Å². The minimum Gasteiger partial charge on any atom is -0.507 e. The first-order valence-electron chi connectivity index (χ1n) is 8.30. The zero-order valence-corrected chi connectivity index (χ0v) is 13.8. The molecule has 2 aromatic carbocycles. The standard InChI is InChI=1S/C20H20O5/c21-18-14-20(22)25-19-13-16(9-10-17(18)19)24-12-6-2-5-11-23-15-7-3-1-4-8-15/h1,3-4,7-10,13-14,21H,2,5-6,11-12H2. The first-order chi connectivity index (χ1) is 12.2. The summed E-state index contributed by atoms with van der Waals surface area (Å²) in [5, 5.41) is 10.2. The molecule has 0 spiro atoms. The highest BCUT2D eigenvalue weighted by molar-refractivity contribution is 5.83. The van der Waals surface area contributed by atoms with E-state index in [-0.39, 0.29) is 5.75 Å². The van der Waals surface area contributed by atoms with E-state index in [4.69, 9.17) is 13.9 Å². The van der Waals surface area contributed by atoms with Crippen LogP contribution in [0.15, 0.2) is 63.8 Å². The number of hydrogen-bond acceptors (Lipinski definition) is 5. The van der Waals surface area contributed by atoms with Crippen LogP contribution in [0.3, 0.4) is 0 Å². The largest absolute Gasteiger partial charge is 0.507 e. The fourth-order valence-corrected chi connectivity index (χ4v) is 2.49. The molecule has 0 unspecified atom stereocenters. The molecule has 0 saturated carbocycles. The van der Waals surface area contributed by atoms with Gasteiger partial charge in [-0.1, -0.05) is 18.2 Å². The van der Waals surface area contributed by atoms with Crippen molar-refractivity contribution >= 4 is 11.0 Å². The first-order valence-corrected chi connectivity index (χ1v) is 8.30. The third kappa shape index (κ3) is 4.76. The summed E-state index contributed by atoms with van der Waals surface area (Å²) in [6.45, 7) is 1.25. The van der Waals surface area contributed by atoms with E-state index >= 15 is 0 Å². The van der Waals surface area contributed by atoms with E-state index in [0.717, 1.165) is 31.1 Å². The molecule has 5 heteroatoms. The normalized spacial score (nSPS) is 10.7. The Kier molecular flexibility index (Phi) is 5.57. The molecule has 3 aromatic rings. The number of unbranched alkanes of at least 4 members (excludes halogenated alkanes) is 2. The zero-order chi connectivity index (χ0) is 17.5. The summed E-state index contributed by atoms with van der Waals surface area (Å²) in [6.07, 6.45) is 2.86. The van der Waals surface area contributed by atoms with E-state index in [1.165, 1.54) is 0 Å². The lowest BCUT2D eigenvalue weighted by molar-refractivity contribution is 0.279. The van der Waals surface area contributed by atoms with Crippen LogP contribution in [-0.2, 0) is 0 Å². The van der Waals surface area contributed by atoms with E-state index in [1.807, 2.05) is 30.3 Å². The van der Waals surface area contributed by atoms with E-state index in [0.29, 0.717) is 29.9 Å². The van der Waals surface area contributed by atoms with E-state index in [2.05, 4.69) is 0 Å². The minimum absolute atomic E-state index is 0.0868. The lowest BCUT2D eigenvalue weighted by atomic mass is 10.2. The van der Waals surface area contributed by atoms with Crippen LogP contribution in [0, 0.1) is 0 Å². The van der Waals surface area contributed by atoms with Crippen molar-refractivity contribution in [1.29, 1.82) is 0 Å². The van der Waals surface area contributed by atoms with E-state index < -0.39 is 5.63 Å². The van der Waals surface area contributed by atoms with Gasteiger partial charge in [0.15, 0.2) is 0 Å². The number of fused-ring (bicyclic) bond motifs is 1. The molecule has 1 heterocycles. The molecule has 1 aromatic heterocycles. The molecule has 5 nitrogen and oxygen atoms in total. The van der Waals surface area contributed by atoms with Crippen molar-refractivity contribution in [3.8, 4) is 17.2 Å². The van der Waals surface area contributed by atoms with Crippen LogP contribution in [0.25, 0.3) is 11.0 Å². The molecule has 0 aliphatic carbocycles. The molecule has 0 aliphatic rings. The van der Waals surface area contributed by atoms with Crippen molar-refractivity contribution in [3.63, 3.8) is 0 Å². The van der Waals surface area contributed by atoms with Crippen molar-refractivity contribution in [2.45, 2.75) is 19.3 Å². The van der Waals surface area contributed by atoms with Crippen molar-refractivity contribution in [3.05, 3.63) is 65.0 Å². The molecular weight excluding hydrogens is 320 g/mol. The molecule has 0 amide bonds. The topological polar surface area (TPSA) is 68.9 Å². The Hall–Kier alpha value is -2.95. The average Bonchev–Trinajstić information content (AvgIpc) is 2.61. The highest BCUT2D eigenvalue weighted by Crippen LogP contribution is 2.26. The smallest absolute Gasteiger partial charge is 0.339 e. The van der Waals surface area contributed by atoms with Crippen LogP contribution in [0.1, 0.15) is 19.3 Å². The molecule has 0 fully saturated rings. The molecule has 3 rings (SSSR count). The summed E-state index contributed by atoms with van der Waals surface area (Å²) < 4.78 is 16.4. The number of hydrogen-bond donors (Lipinski definition) is 1. The fraction of sp³-hybridized carbons (Fsp3) is 0.250. The van der Waals surface area contributed by atoms with Gasteiger partial charge in [0.25, 0.3) is 0 Å². The number of rotatable bonds is 8. The Balaban J connectivity index is 1.40. The number of benzene rings is 2. The molecule has 1 N–H and O–H groups in total. The van der Waals surface area contributed by atoms with Gasteiger partial charge in [0.2, 0.25) is 0 Å². The molecule has 0 saturated heterocycles. The van der Waals surface area contributed by atoms with Gasteiger partial charge in [0, 0.05) is 6.07 Å². The van der Waals surface area contributed by atoms with Crippen LogP contribution < -0.4 is 15.1 Å². The maximum atomic E-state index is 11.3. The molecular formula is C20H20O5. The molecule has 130 valence electrons. The second kappa shape index (κ2) is 8.24. The molecule has 0 aliphatic heterocycles. The lowest BCUT2D eigenvalue weighted by Gasteiger charge is -2.08. The Labute approximate surface area is 145 Å². The molecule has 0 bridgehead atoms. The van der Waals surface area contributed by atoms with E-state index in [9.17, 15) is 9.90 Å². The summed E-state index contributed by atoms with van der Waals surface area (Å²) in [5.74, 6) is 1.41. The molecule has 0 atom stereocenters. The van der Waals surface area contributed by atoms with Gasteiger partial charge >= 0.3 is 5.63 Å². The Morgan fingerprint density at radius 2 is 1.56 bits per heavy atom. The fourth-order valence-electron chi connectivity index (χ4n) is 2.49. The SMILES string of the molecule is O=c1cc(O)c2ccc(OCCCCCOc3ccccc3)cc2o1. The summed E-state index contributed by atoms with van der Waals surface area (Å²) >= 11 is 0. The van der Waals surface area contributed by atoms with Crippen LogP contribution >= 0.6 is 0 Å². The molecule has 0 radical (unpaired) electrons. The predicted molar refractivity (Wildman–Crippen MR) is 95.4 cm³/mol. The second-order valence-electron chi connectivity index (χ2n) is 5.68. The number of ether oxygens (including phenoxy) is 2. The zero-order valence-electron chi connectivity index (χ0n) is 13.8.